The van der Waals surface area contributed by atoms with Crippen molar-refractivity contribution in [3.8, 4) is 0 Å². The van der Waals surface area contributed by atoms with Crippen molar-refractivity contribution in [1.82, 2.24) is 10.2 Å². The Bertz CT molecular complexity index is 394. The molecule has 3 atom stereocenters. The highest BCUT2D eigenvalue weighted by Crippen LogP contribution is 2.22. The Balaban J connectivity index is 1.97. The summed E-state index contributed by atoms with van der Waals surface area (Å²) in [7, 11) is 2.21. The second-order valence-electron chi connectivity index (χ2n) is 5.58. The van der Waals surface area contributed by atoms with Gasteiger partial charge in [0.1, 0.15) is 0 Å². The number of halogens is 1. The normalized spacial score (nSPS) is 27.1. The molecule has 2 nitrogen and oxygen atoms in total. The Kier molecular flexibility index (Phi) is 4.82. The fraction of sp³-hybridized carbons (Fsp3) is 0.600. The molecule has 2 rings (SSSR count). The molecular weight excluding hydrogens is 288 g/mol. The molecule has 18 heavy (non-hydrogen) atoms. The van der Waals surface area contributed by atoms with E-state index in [1.807, 2.05) is 0 Å². The molecule has 0 radical (unpaired) electrons. The zero-order valence-corrected chi connectivity index (χ0v) is 13.1. The highest BCUT2D eigenvalue weighted by molar-refractivity contribution is 9.10. The Morgan fingerprint density at radius 1 is 1.44 bits per heavy atom. The maximum Gasteiger partial charge on any atom is 0.0294 e. The van der Waals surface area contributed by atoms with Gasteiger partial charge in [-0.2, -0.15) is 0 Å². The van der Waals surface area contributed by atoms with Gasteiger partial charge >= 0.3 is 0 Å². The van der Waals surface area contributed by atoms with Gasteiger partial charge in [0.05, 0.1) is 0 Å². The Morgan fingerprint density at radius 3 is 2.89 bits per heavy atom. The van der Waals surface area contributed by atoms with Crippen molar-refractivity contribution < 1.29 is 0 Å². The third-order valence-corrected chi connectivity index (χ3v) is 4.41. The topological polar surface area (TPSA) is 15.3 Å². The smallest absolute Gasteiger partial charge is 0.0294 e. The summed E-state index contributed by atoms with van der Waals surface area (Å²) < 4.78 is 1.16. The molecule has 0 aliphatic carbocycles. The maximum absolute atomic E-state index is 3.79. The van der Waals surface area contributed by atoms with Gasteiger partial charge in [0.2, 0.25) is 0 Å². The van der Waals surface area contributed by atoms with E-state index in [1.54, 1.807) is 0 Å². The molecule has 0 bridgehead atoms. The molecule has 1 saturated heterocycles. The SMILES string of the molecule is CC(NC1CCN(C)CC1C)c1cccc(Br)c1. The third kappa shape index (κ3) is 3.56. The minimum atomic E-state index is 0.415. The van der Waals surface area contributed by atoms with Gasteiger partial charge in [-0.1, -0.05) is 35.0 Å². The summed E-state index contributed by atoms with van der Waals surface area (Å²) in [6, 6.07) is 9.64. The molecule has 0 amide bonds. The van der Waals surface area contributed by atoms with Crippen LogP contribution in [0.2, 0.25) is 0 Å². The maximum atomic E-state index is 3.79. The van der Waals surface area contributed by atoms with Gasteiger partial charge in [-0.3, -0.25) is 0 Å². The van der Waals surface area contributed by atoms with Gasteiger partial charge in [-0.05, 0) is 50.6 Å². The second-order valence-corrected chi connectivity index (χ2v) is 6.49. The van der Waals surface area contributed by atoms with Crippen LogP contribution in [-0.4, -0.2) is 31.1 Å². The second kappa shape index (κ2) is 6.18. The number of rotatable bonds is 3. The highest BCUT2D eigenvalue weighted by atomic mass is 79.9. The van der Waals surface area contributed by atoms with Crippen LogP contribution in [0.5, 0.6) is 0 Å². The summed E-state index contributed by atoms with van der Waals surface area (Å²) in [4.78, 5) is 2.42. The monoisotopic (exact) mass is 310 g/mol. The number of piperidine rings is 1. The zero-order valence-electron chi connectivity index (χ0n) is 11.5. The molecular formula is C15H23BrN2. The van der Waals surface area contributed by atoms with Gasteiger partial charge in [-0.25, -0.2) is 0 Å². The van der Waals surface area contributed by atoms with Crippen molar-refractivity contribution in [3.05, 3.63) is 34.3 Å². The lowest BCUT2D eigenvalue weighted by molar-refractivity contribution is 0.168. The molecule has 100 valence electrons. The summed E-state index contributed by atoms with van der Waals surface area (Å²) >= 11 is 3.54. The third-order valence-electron chi connectivity index (χ3n) is 3.92. The van der Waals surface area contributed by atoms with Gasteiger partial charge in [-0.15, -0.1) is 0 Å². The molecule has 0 saturated carbocycles. The zero-order chi connectivity index (χ0) is 13.1. The predicted molar refractivity (Wildman–Crippen MR) is 80.8 cm³/mol. The van der Waals surface area contributed by atoms with E-state index in [9.17, 15) is 0 Å². The number of hydrogen-bond donors (Lipinski definition) is 1. The van der Waals surface area contributed by atoms with E-state index in [-0.39, 0.29) is 0 Å². The summed E-state index contributed by atoms with van der Waals surface area (Å²) in [6.07, 6.45) is 1.25. The summed E-state index contributed by atoms with van der Waals surface area (Å²) in [5, 5.41) is 3.79. The van der Waals surface area contributed by atoms with Crippen LogP contribution < -0.4 is 5.32 Å². The van der Waals surface area contributed by atoms with Crippen LogP contribution in [0.3, 0.4) is 0 Å². The Hall–Kier alpha value is -0.380. The molecule has 1 aliphatic rings. The van der Waals surface area contributed by atoms with Crippen molar-refractivity contribution in [2.45, 2.75) is 32.4 Å². The molecule has 1 heterocycles. The van der Waals surface area contributed by atoms with E-state index < -0.39 is 0 Å². The van der Waals surface area contributed by atoms with E-state index >= 15 is 0 Å². The van der Waals surface area contributed by atoms with Crippen LogP contribution in [0.1, 0.15) is 31.9 Å². The number of nitrogens with zero attached hydrogens (tertiary/aromatic N) is 1. The first-order chi connectivity index (χ1) is 8.56. The van der Waals surface area contributed by atoms with E-state index in [0.717, 1.165) is 10.4 Å². The van der Waals surface area contributed by atoms with E-state index in [2.05, 4.69) is 71.3 Å². The molecule has 1 N–H and O–H groups in total. The predicted octanol–water partition coefficient (Wildman–Crippen LogP) is 3.44. The largest absolute Gasteiger partial charge is 0.307 e. The van der Waals surface area contributed by atoms with Crippen molar-refractivity contribution in [3.63, 3.8) is 0 Å². The van der Waals surface area contributed by atoms with Crippen LogP contribution in [0, 0.1) is 5.92 Å². The van der Waals surface area contributed by atoms with Crippen LogP contribution in [0.25, 0.3) is 0 Å². The fourth-order valence-electron chi connectivity index (χ4n) is 2.80. The average molecular weight is 311 g/mol. The Morgan fingerprint density at radius 2 is 2.22 bits per heavy atom. The number of hydrogen-bond acceptors (Lipinski definition) is 2. The molecule has 0 aromatic heterocycles. The molecule has 3 unspecified atom stereocenters. The summed E-state index contributed by atoms with van der Waals surface area (Å²) in [5.41, 5.74) is 1.36. The average Bonchev–Trinajstić information content (AvgIpc) is 2.32. The number of nitrogens with one attached hydrogen (secondary N) is 1. The van der Waals surface area contributed by atoms with Crippen molar-refractivity contribution in [1.29, 1.82) is 0 Å². The van der Waals surface area contributed by atoms with Crippen molar-refractivity contribution in [2.24, 2.45) is 5.92 Å². The van der Waals surface area contributed by atoms with Gasteiger partial charge in [0.15, 0.2) is 0 Å². The lowest BCUT2D eigenvalue weighted by atomic mass is 9.93. The molecule has 1 aromatic carbocycles. The summed E-state index contributed by atoms with van der Waals surface area (Å²) in [5.74, 6) is 0.721. The van der Waals surface area contributed by atoms with E-state index in [4.69, 9.17) is 0 Å². The fourth-order valence-corrected chi connectivity index (χ4v) is 3.21. The molecule has 0 spiro atoms. The van der Waals surface area contributed by atoms with E-state index in [0.29, 0.717) is 12.1 Å². The quantitative estimate of drug-likeness (QED) is 0.920. The first kappa shape index (κ1) is 14.0. The van der Waals surface area contributed by atoms with Gasteiger partial charge < -0.3 is 10.2 Å². The first-order valence-corrected chi connectivity index (χ1v) is 7.55. The van der Waals surface area contributed by atoms with E-state index in [1.165, 1.54) is 25.1 Å². The van der Waals surface area contributed by atoms with Crippen LogP contribution >= 0.6 is 15.9 Å². The highest BCUT2D eigenvalue weighted by Gasteiger charge is 2.25. The van der Waals surface area contributed by atoms with Gasteiger partial charge in [0, 0.05) is 23.1 Å². The van der Waals surface area contributed by atoms with Crippen LogP contribution in [0.4, 0.5) is 0 Å². The summed E-state index contributed by atoms with van der Waals surface area (Å²) in [6.45, 7) is 7.00. The van der Waals surface area contributed by atoms with Crippen molar-refractivity contribution >= 4 is 15.9 Å². The number of benzene rings is 1. The van der Waals surface area contributed by atoms with Crippen LogP contribution in [0.15, 0.2) is 28.7 Å². The minimum Gasteiger partial charge on any atom is -0.307 e. The van der Waals surface area contributed by atoms with Crippen molar-refractivity contribution in [2.75, 3.05) is 20.1 Å². The standard InChI is InChI=1S/C15H23BrN2/c1-11-10-18(3)8-7-15(11)17-12(2)13-5-4-6-14(16)9-13/h4-6,9,11-12,15,17H,7-8,10H2,1-3H3. The Labute approximate surface area is 119 Å². The van der Waals surface area contributed by atoms with Gasteiger partial charge in [0.25, 0.3) is 0 Å². The lowest BCUT2D eigenvalue weighted by Gasteiger charge is -2.37. The minimum absolute atomic E-state index is 0.415. The molecule has 3 heteroatoms. The lowest BCUT2D eigenvalue weighted by Crippen LogP contribution is -2.47. The molecule has 1 aromatic rings. The molecule has 1 fully saturated rings. The number of likely N-dealkylation sites (tertiary alicyclic amines) is 1. The molecule has 1 aliphatic heterocycles. The van der Waals surface area contributed by atoms with Crippen LogP contribution in [-0.2, 0) is 0 Å². The first-order valence-electron chi connectivity index (χ1n) is 6.76.